The number of rotatable bonds is 12. The predicted octanol–water partition coefficient (Wildman–Crippen LogP) is -8.08. The van der Waals surface area contributed by atoms with Crippen molar-refractivity contribution in [1.29, 1.82) is 0 Å². The van der Waals surface area contributed by atoms with E-state index in [1.54, 1.807) is 0 Å². The lowest BCUT2D eigenvalue weighted by Gasteiger charge is -2.48. The molecule has 0 aromatic rings. The summed E-state index contributed by atoms with van der Waals surface area (Å²) in [7, 11) is 0. The molecule has 16 atom stereocenters. The van der Waals surface area contributed by atoms with Crippen LogP contribution in [0.1, 0.15) is 20.3 Å². The smallest absolute Gasteiger partial charge is 0.364 e. The number of hydrogen-bond donors (Lipinski definition) is 13. The molecule has 3 heterocycles. The molecule has 13 N–H and O–H groups in total. The fraction of sp³-hybridized carbons (Fsp3) is 0.880. The monoisotopic (exact) mass is 674 g/mol. The molecule has 3 rings (SSSR count). The molecule has 266 valence electrons. The van der Waals surface area contributed by atoms with Crippen LogP contribution in [-0.4, -0.2) is 191 Å². The molecule has 21 nitrogen and oxygen atoms in total. The van der Waals surface area contributed by atoms with Crippen LogP contribution in [0.5, 0.6) is 0 Å². The van der Waals surface area contributed by atoms with Gasteiger partial charge in [0.1, 0.15) is 67.1 Å². The van der Waals surface area contributed by atoms with E-state index in [9.17, 15) is 70.6 Å². The molecular weight excluding hydrogens is 632 g/mol. The SMILES string of the molecule is CC(=O)N[C@H]1[C@H]([C@H](O)[C@H](O)CO)O[C@@](OC[C@H]2O[C@@H](O[C@H]3[C@@H](O)[C@@H](CO)OC(O)[C@@H]3NC(C)=O)[C@H](O)[C@@H](O)[C@H]2O)(C(=O)O)C[C@@H]1O. The van der Waals surface area contributed by atoms with Gasteiger partial charge in [-0.2, -0.15) is 0 Å². The van der Waals surface area contributed by atoms with Gasteiger partial charge in [0.05, 0.1) is 32.0 Å². The van der Waals surface area contributed by atoms with E-state index in [4.69, 9.17) is 23.7 Å². The number of hydrogen-bond acceptors (Lipinski definition) is 18. The number of amides is 2. The Morgan fingerprint density at radius 2 is 1.48 bits per heavy atom. The van der Waals surface area contributed by atoms with Gasteiger partial charge < -0.3 is 90.5 Å². The minimum atomic E-state index is -2.85. The lowest BCUT2D eigenvalue weighted by atomic mass is 9.88. The molecule has 0 aromatic carbocycles. The van der Waals surface area contributed by atoms with E-state index < -0.39 is 142 Å². The summed E-state index contributed by atoms with van der Waals surface area (Å²) in [5.74, 6) is -6.15. The molecule has 0 aromatic heterocycles. The van der Waals surface area contributed by atoms with Crippen molar-refractivity contribution in [2.75, 3.05) is 19.8 Å². The van der Waals surface area contributed by atoms with E-state index in [1.165, 1.54) is 0 Å². The van der Waals surface area contributed by atoms with Crippen molar-refractivity contribution >= 4 is 17.8 Å². The third-order valence-corrected chi connectivity index (χ3v) is 7.87. The Kier molecular flexibility index (Phi) is 13.1. The van der Waals surface area contributed by atoms with Gasteiger partial charge in [0, 0.05) is 20.3 Å². The van der Waals surface area contributed by atoms with E-state index in [-0.39, 0.29) is 0 Å². The Morgan fingerprint density at radius 1 is 0.870 bits per heavy atom. The summed E-state index contributed by atoms with van der Waals surface area (Å²) in [6.07, 6.45) is -25.0. The third-order valence-electron chi connectivity index (χ3n) is 7.87. The van der Waals surface area contributed by atoms with Crippen LogP contribution in [-0.2, 0) is 38.1 Å². The molecule has 3 aliphatic rings. The van der Waals surface area contributed by atoms with Gasteiger partial charge in [0.2, 0.25) is 11.8 Å². The van der Waals surface area contributed by atoms with Crippen molar-refractivity contribution in [3.05, 3.63) is 0 Å². The molecule has 2 amide bonds. The average Bonchev–Trinajstić information content (AvgIpc) is 2.99. The highest BCUT2D eigenvalue weighted by Gasteiger charge is 2.57. The number of aliphatic carboxylic acids is 1. The molecule has 0 radical (unpaired) electrons. The van der Waals surface area contributed by atoms with Crippen molar-refractivity contribution in [2.24, 2.45) is 0 Å². The molecular formula is C25H42N2O19. The van der Waals surface area contributed by atoms with Crippen LogP contribution < -0.4 is 10.6 Å². The number of aliphatic hydroxyl groups is 10. The summed E-state index contributed by atoms with van der Waals surface area (Å²) in [4.78, 5) is 35.9. The van der Waals surface area contributed by atoms with Crippen molar-refractivity contribution in [3.63, 3.8) is 0 Å². The molecule has 0 spiro atoms. The maximum Gasteiger partial charge on any atom is 0.364 e. The minimum Gasteiger partial charge on any atom is -0.477 e. The van der Waals surface area contributed by atoms with Gasteiger partial charge in [-0.1, -0.05) is 0 Å². The molecule has 0 bridgehead atoms. The van der Waals surface area contributed by atoms with Crippen LogP contribution in [0, 0.1) is 0 Å². The van der Waals surface area contributed by atoms with Gasteiger partial charge in [-0.3, -0.25) is 9.59 Å². The first-order valence-corrected chi connectivity index (χ1v) is 14.2. The zero-order valence-corrected chi connectivity index (χ0v) is 24.7. The van der Waals surface area contributed by atoms with Gasteiger partial charge in [-0.25, -0.2) is 4.79 Å². The molecule has 3 fully saturated rings. The van der Waals surface area contributed by atoms with Crippen LogP contribution in [0.2, 0.25) is 0 Å². The molecule has 0 saturated carbocycles. The number of nitrogens with one attached hydrogen (secondary N) is 2. The van der Waals surface area contributed by atoms with Gasteiger partial charge in [-0.05, 0) is 0 Å². The Morgan fingerprint density at radius 3 is 2.02 bits per heavy atom. The largest absolute Gasteiger partial charge is 0.477 e. The van der Waals surface area contributed by atoms with E-state index in [0.29, 0.717) is 0 Å². The second kappa shape index (κ2) is 15.8. The first-order valence-electron chi connectivity index (χ1n) is 14.2. The summed E-state index contributed by atoms with van der Waals surface area (Å²) in [5, 5.41) is 118. The average molecular weight is 675 g/mol. The first-order chi connectivity index (χ1) is 21.5. The Labute approximate surface area is 260 Å². The summed E-state index contributed by atoms with van der Waals surface area (Å²) in [5.41, 5.74) is 0. The Balaban J connectivity index is 1.85. The molecule has 3 aliphatic heterocycles. The Hall–Kier alpha value is -2.19. The highest BCUT2D eigenvalue weighted by Crippen LogP contribution is 2.35. The predicted molar refractivity (Wildman–Crippen MR) is 142 cm³/mol. The van der Waals surface area contributed by atoms with Crippen molar-refractivity contribution in [3.8, 4) is 0 Å². The van der Waals surface area contributed by atoms with Gasteiger partial charge in [0.15, 0.2) is 12.6 Å². The summed E-state index contributed by atoms with van der Waals surface area (Å²) < 4.78 is 27.2. The third kappa shape index (κ3) is 8.26. The van der Waals surface area contributed by atoms with Crippen LogP contribution in [0.3, 0.4) is 0 Å². The van der Waals surface area contributed by atoms with Crippen molar-refractivity contribution < 1.29 is 94.2 Å². The highest BCUT2D eigenvalue weighted by atomic mass is 16.8. The maximum atomic E-state index is 12.4. The standard InChI is InChI=1S/C25H42N2O19/c1-7(30)26-13-9(32)3-25(24(40)41,46-21(13)15(34)10(33)4-28)42-6-12-16(35)18(37)19(38)23(44-12)45-20-14(27-8(2)31)22(39)43-11(5-29)17(20)36/h9-23,28-29,32-39H,3-6H2,1-2H3,(H,26,30)(H,27,31)(H,40,41)/t9-,10+,11+,12+,13+,14+,15+,16-,17-,18-,19+,20+,21+,22?,23-,25+/m0/s1. The first kappa shape index (κ1) is 38.3. The summed E-state index contributed by atoms with van der Waals surface area (Å²) >= 11 is 0. The van der Waals surface area contributed by atoms with E-state index in [0.717, 1.165) is 13.8 Å². The molecule has 1 unspecified atom stereocenters. The number of carbonyl (C=O) groups is 3. The number of aliphatic hydroxyl groups excluding tert-OH is 10. The quantitative estimate of drug-likeness (QED) is 0.0913. The zero-order valence-electron chi connectivity index (χ0n) is 24.7. The lowest BCUT2D eigenvalue weighted by molar-refractivity contribution is -0.356. The number of carboxylic acid groups (broad SMARTS) is 1. The molecule has 46 heavy (non-hydrogen) atoms. The summed E-state index contributed by atoms with van der Waals surface area (Å²) in [6.45, 7) is -0.685. The van der Waals surface area contributed by atoms with E-state index in [2.05, 4.69) is 10.6 Å². The normalized spacial score (nSPS) is 42.9. The van der Waals surface area contributed by atoms with Gasteiger partial charge in [0.25, 0.3) is 5.79 Å². The number of carbonyl (C=O) groups excluding carboxylic acids is 2. The van der Waals surface area contributed by atoms with Gasteiger partial charge in [-0.15, -0.1) is 0 Å². The highest BCUT2D eigenvalue weighted by molar-refractivity contribution is 5.76. The van der Waals surface area contributed by atoms with Crippen LogP contribution in [0.15, 0.2) is 0 Å². The Bertz CT molecular complexity index is 1050. The fourth-order valence-electron chi connectivity index (χ4n) is 5.45. The van der Waals surface area contributed by atoms with Crippen LogP contribution in [0.4, 0.5) is 0 Å². The maximum absolute atomic E-state index is 12.4. The van der Waals surface area contributed by atoms with Crippen molar-refractivity contribution in [2.45, 2.75) is 118 Å². The minimum absolute atomic E-state index is 0.702. The van der Waals surface area contributed by atoms with Crippen molar-refractivity contribution in [1.82, 2.24) is 10.6 Å². The van der Waals surface area contributed by atoms with E-state index >= 15 is 0 Å². The fourth-order valence-corrected chi connectivity index (χ4v) is 5.45. The second-order valence-corrected chi connectivity index (χ2v) is 11.3. The lowest BCUT2D eigenvalue weighted by Crippen LogP contribution is -2.69. The van der Waals surface area contributed by atoms with Gasteiger partial charge >= 0.3 is 5.97 Å². The van der Waals surface area contributed by atoms with Crippen LogP contribution in [0.25, 0.3) is 0 Å². The molecule has 3 saturated heterocycles. The molecule has 0 aliphatic carbocycles. The molecule has 21 heteroatoms. The number of ether oxygens (including phenoxy) is 5. The topological polar surface area (TPSA) is 344 Å². The number of carboxylic acids is 1. The summed E-state index contributed by atoms with van der Waals surface area (Å²) in [6, 6.07) is -2.98. The zero-order chi connectivity index (χ0) is 34.7. The van der Waals surface area contributed by atoms with Crippen LogP contribution >= 0.6 is 0 Å². The van der Waals surface area contributed by atoms with E-state index in [1.807, 2.05) is 0 Å². The second-order valence-electron chi connectivity index (χ2n) is 11.3.